The number of amides is 1. The summed E-state index contributed by atoms with van der Waals surface area (Å²) in [5, 5.41) is 3.27. The van der Waals surface area contributed by atoms with Crippen LogP contribution in [0.5, 0.6) is 0 Å². The minimum Gasteiger partial charge on any atom is -0.348 e. The van der Waals surface area contributed by atoms with E-state index < -0.39 is 0 Å². The molecule has 5 heteroatoms. The molecular formula is C9H20N4O. The Kier molecular flexibility index (Phi) is 4.31. The van der Waals surface area contributed by atoms with Crippen LogP contribution in [-0.4, -0.2) is 68.6 Å². The van der Waals surface area contributed by atoms with E-state index in [2.05, 4.69) is 10.2 Å². The van der Waals surface area contributed by atoms with Crippen molar-refractivity contribution in [3.05, 3.63) is 0 Å². The topological polar surface area (TPSA) is 61.6 Å². The molecule has 1 rings (SSSR count). The minimum absolute atomic E-state index is 0.144. The minimum atomic E-state index is 0.144. The largest absolute Gasteiger partial charge is 0.348 e. The molecule has 14 heavy (non-hydrogen) atoms. The normalized spacial score (nSPS) is 23.5. The number of rotatable bonds is 3. The number of carbonyl (C=O) groups excluding carboxylic acids is 1. The van der Waals surface area contributed by atoms with Crippen molar-refractivity contribution in [2.75, 3.05) is 46.8 Å². The molecular weight excluding hydrogens is 180 g/mol. The Bertz CT molecular complexity index is 195. The number of nitrogens with one attached hydrogen (secondary N) is 1. The van der Waals surface area contributed by atoms with Crippen molar-refractivity contribution in [1.82, 2.24) is 15.1 Å². The second kappa shape index (κ2) is 5.29. The van der Waals surface area contributed by atoms with Crippen LogP contribution in [0.25, 0.3) is 0 Å². The zero-order valence-electron chi connectivity index (χ0n) is 8.99. The van der Waals surface area contributed by atoms with Crippen LogP contribution in [0.15, 0.2) is 0 Å². The lowest BCUT2D eigenvalue weighted by Crippen LogP contribution is -2.56. The highest BCUT2D eigenvalue weighted by molar-refractivity contribution is 5.77. The van der Waals surface area contributed by atoms with Crippen LogP contribution < -0.4 is 11.1 Å². The number of likely N-dealkylation sites (N-methyl/N-ethyl adjacent to an activating group) is 1. The average Bonchev–Trinajstić information content (AvgIpc) is 2.18. The van der Waals surface area contributed by atoms with E-state index in [1.54, 1.807) is 19.0 Å². The Hall–Kier alpha value is -0.650. The molecule has 0 aromatic carbocycles. The Morgan fingerprint density at radius 2 is 2.36 bits per heavy atom. The van der Waals surface area contributed by atoms with Crippen LogP contribution in [0, 0.1) is 0 Å². The van der Waals surface area contributed by atoms with Gasteiger partial charge in [0.25, 0.3) is 0 Å². The molecule has 1 aliphatic rings. The summed E-state index contributed by atoms with van der Waals surface area (Å²) in [6, 6.07) is 0.299. The van der Waals surface area contributed by atoms with Crippen LogP contribution in [0.1, 0.15) is 0 Å². The summed E-state index contributed by atoms with van der Waals surface area (Å²) in [5.74, 6) is 0.144. The SMILES string of the molecule is CN(C)C(=O)CN1CCNCC1CN. The zero-order valence-corrected chi connectivity index (χ0v) is 8.99. The van der Waals surface area contributed by atoms with E-state index in [4.69, 9.17) is 5.73 Å². The maximum Gasteiger partial charge on any atom is 0.236 e. The first kappa shape index (κ1) is 11.4. The van der Waals surface area contributed by atoms with Gasteiger partial charge in [-0.2, -0.15) is 0 Å². The summed E-state index contributed by atoms with van der Waals surface area (Å²) in [4.78, 5) is 15.3. The van der Waals surface area contributed by atoms with Gasteiger partial charge in [0.1, 0.15) is 0 Å². The van der Waals surface area contributed by atoms with Crippen molar-refractivity contribution < 1.29 is 4.79 Å². The number of hydrogen-bond donors (Lipinski definition) is 2. The quantitative estimate of drug-likeness (QED) is 0.570. The number of hydrogen-bond acceptors (Lipinski definition) is 4. The van der Waals surface area contributed by atoms with E-state index in [-0.39, 0.29) is 5.91 Å². The molecule has 1 fully saturated rings. The van der Waals surface area contributed by atoms with Crippen LogP contribution >= 0.6 is 0 Å². The molecule has 1 heterocycles. The number of nitrogens with zero attached hydrogens (tertiary/aromatic N) is 2. The molecule has 0 aromatic rings. The monoisotopic (exact) mass is 200 g/mol. The Balaban J connectivity index is 2.44. The summed E-state index contributed by atoms with van der Waals surface area (Å²) in [6.07, 6.45) is 0. The van der Waals surface area contributed by atoms with Crippen molar-refractivity contribution in [3.8, 4) is 0 Å². The van der Waals surface area contributed by atoms with Gasteiger partial charge in [0, 0.05) is 46.3 Å². The summed E-state index contributed by atoms with van der Waals surface area (Å²) in [7, 11) is 3.56. The molecule has 0 radical (unpaired) electrons. The lowest BCUT2D eigenvalue weighted by molar-refractivity contribution is -0.130. The van der Waals surface area contributed by atoms with Gasteiger partial charge >= 0.3 is 0 Å². The van der Waals surface area contributed by atoms with E-state index in [1.165, 1.54) is 0 Å². The first-order valence-electron chi connectivity index (χ1n) is 5.00. The van der Waals surface area contributed by atoms with E-state index >= 15 is 0 Å². The van der Waals surface area contributed by atoms with Gasteiger partial charge in [-0.25, -0.2) is 0 Å². The number of carbonyl (C=O) groups is 1. The van der Waals surface area contributed by atoms with Gasteiger partial charge in [-0.3, -0.25) is 9.69 Å². The average molecular weight is 200 g/mol. The Morgan fingerprint density at radius 1 is 1.64 bits per heavy atom. The highest BCUT2D eigenvalue weighted by atomic mass is 16.2. The predicted octanol–water partition coefficient (Wildman–Crippen LogP) is -1.69. The lowest BCUT2D eigenvalue weighted by atomic mass is 10.2. The predicted molar refractivity (Wildman–Crippen MR) is 56.0 cm³/mol. The Morgan fingerprint density at radius 3 is 2.93 bits per heavy atom. The molecule has 0 saturated carbocycles. The van der Waals surface area contributed by atoms with Gasteiger partial charge in [0.05, 0.1) is 6.54 Å². The van der Waals surface area contributed by atoms with E-state index in [0.29, 0.717) is 19.1 Å². The van der Waals surface area contributed by atoms with Crippen LogP contribution in [-0.2, 0) is 4.79 Å². The third kappa shape index (κ3) is 2.94. The van der Waals surface area contributed by atoms with Crippen LogP contribution in [0.3, 0.4) is 0 Å². The number of nitrogens with two attached hydrogens (primary N) is 1. The highest BCUT2D eigenvalue weighted by Crippen LogP contribution is 2.01. The summed E-state index contributed by atoms with van der Waals surface area (Å²) in [5.41, 5.74) is 5.64. The van der Waals surface area contributed by atoms with Gasteiger partial charge in [-0.05, 0) is 0 Å². The summed E-state index contributed by atoms with van der Waals surface area (Å²) in [6.45, 7) is 3.82. The molecule has 1 atom stereocenters. The standard InChI is InChI=1S/C9H20N4O/c1-12(2)9(14)7-13-4-3-11-6-8(13)5-10/h8,11H,3-7,10H2,1-2H3. The maximum atomic E-state index is 11.5. The molecule has 0 aromatic heterocycles. The van der Waals surface area contributed by atoms with Crippen molar-refractivity contribution in [2.24, 2.45) is 5.73 Å². The van der Waals surface area contributed by atoms with Crippen molar-refractivity contribution in [2.45, 2.75) is 6.04 Å². The smallest absolute Gasteiger partial charge is 0.236 e. The number of piperazine rings is 1. The molecule has 1 saturated heterocycles. The second-order valence-electron chi connectivity index (χ2n) is 3.85. The summed E-state index contributed by atoms with van der Waals surface area (Å²) < 4.78 is 0. The van der Waals surface area contributed by atoms with Crippen molar-refractivity contribution in [1.29, 1.82) is 0 Å². The van der Waals surface area contributed by atoms with Crippen LogP contribution in [0.2, 0.25) is 0 Å². The molecule has 1 unspecified atom stereocenters. The third-order valence-corrected chi connectivity index (χ3v) is 2.58. The van der Waals surface area contributed by atoms with Crippen LogP contribution in [0.4, 0.5) is 0 Å². The molecule has 3 N–H and O–H groups in total. The molecule has 5 nitrogen and oxygen atoms in total. The van der Waals surface area contributed by atoms with Crippen molar-refractivity contribution >= 4 is 5.91 Å². The third-order valence-electron chi connectivity index (χ3n) is 2.58. The van der Waals surface area contributed by atoms with Gasteiger partial charge in [0.15, 0.2) is 0 Å². The van der Waals surface area contributed by atoms with Gasteiger partial charge in [-0.15, -0.1) is 0 Å². The summed E-state index contributed by atoms with van der Waals surface area (Å²) >= 11 is 0. The first-order valence-corrected chi connectivity index (χ1v) is 5.00. The fourth-order valence-electron chi connectivity index (χ4n) is 1.56. The van der Waals surface area contributed by atoms with Gasteiger partial charge in [0.2, 0.25) is 5.91 Å². The first-order chi connectivity index (χ1) is 6.65. The maximum absolute atomic E-state index is 11.5. The van der Waals surface area contributed by atoms with E-state index in [1.807, 2.05) is 0 Å². The molecule has 1 aliphatic heterocycles. The highest BCUT2D eigenvalue weighted by Gasteiger charge is 2.23. The van der Waals surface area contributed by atoms with Gasteiger partial charge in [-0.1, -0.05) is 0 Å². The molecule has 0 aliphatic carbocycles. The zero-order chi connectivity index (χ0) is 10.6. The van der Waals surface area contributed by atoms with E-state index in [9.17, 15) is 4.79 Å². The fourth-order valence-corrected chi connectivity index (χ4v) is 1.56. The molecule has 82 valence electrons. The molecule has 0 bridgehead atoms. The van der Waals surface area contributed by atoms with Gasteiger partial charge < -0.3 is 16.0 Å². The van der Waals surface area contributed by atoms with E-state index in [0.717, 1.165) is 19.6 Å². The molecule has 0 spiro atoms. The Labute approximate surface area is 85.2 Å². The molecule has 1 amide bonds. The van der Waals surface area contributed by atoms with Crippen molar-refractivity contribution in [3.63, 3.8) is 0 Å². The second-order valence-corrected chi connectivity index (χ2v) is 3.85. The lowest BCUT2D eigenvalue weighted by Gasteiger charge is -2.35. The fraction of sp³-hybridized carbons (Fsp3) is 0.889.